The first-order valence-corrected chi connectivity index (χ1v) is 6.12. The molecule has 0 aliphatic carbocycles. The molecule has 1 aromatic carbocycles. The van der Waals surface area contributed by atoms with Crippen molar-refractivity contribution in [3.05, 3.63) is 35.9 Å². The van der Waals surface area contributed by atoms with E-state index in [0.717, 1.165) is 5.56 Å². The third-order valence-corrected chi connectivity index (χ3v) is 2.60. The van der Waals surface area contributed by atoms with Gasteiger partial charge in [-0.15, -0.1) is 12.4 Å². The van der Waals surface area contributed by atoms with Crippen LogP contribution in [0, 0.1) is 0 Å². The largest absolute Gasteiger partial charge is 0.480 e. The quantitative estimate of drug-likeness (QED) is 0.580. The van der Waals surface area contributed by atoms with Crippen molar-refractivity contribution in [3.8, 4) is 0 Å². The number of alkyl carbamates (subject to hydrolysis) is 1. The maximum Gasteiger partial charge on any atom is 0.408 e. The summed E-state index contributed by atoms with van der Waals surface area (Å²) < 4.78 is 4.88. The lowest BCUT2D eigenvalue weighted by molar-refractivity contribution is -0.142. The SMILES string of the molecule is Cl.NCCC(O)[C@H](NC(=O)OCc1ccccc1)C(=O)O. The number of aliphatic hydroxyl groups is 1. The van der Waals surface area contributed by atoms with E-state index < -0.39 is 24.2 Å². The van der Waals surface area contributed by atoms with Crippen molar-refractivity contribution in [1.29, 1.82) is 0 Å². The second kappa shape index (κ2) is 9.98. The molecule has 2 atom stereocenters. The van der Waals surface area contributed by atoms with Crippen LogP contribution in [0.3, 0.4) is 0 Å². The van der Waals surface area contributed by atoms with Crippen molar-refractivity contribution in [2.45, 2.75) is 25.2 Å². The number of ether oxygens (including phenoxy) is 1. The normalized spacial score (nSPS) is 12.7. The van der Waals surface area contributed by atoms with Crippen molar-refractivity contribution in [3.63, 3.8) is 0 Å². The third kappa shape index (κ3) is 6.94. The number of hydrogen-bond acceptors (Lipinski definition) is 5. The second-order valence-electron chi connectivity index (χ2n) is 4.17. The summed E-state index contributed by atoms with van der Waals surface area (Å²) in [7, 11) is 0. The van der Waals surface area contributed by atoms with Gasteiger partial charge < -0.3 is 26.0 Å². The van der Waals surface area contributed by atoms with Gasteiger partial charge in [-0.1, -0.05) is 30.3 Å². The number of nitrogens with two attached hydrogens (primary N) is 1. The number of carboxylic acid groups (broad SMARTS) is 1. The van der Waals surface area contributed by atoms with Crippen LogP contribution < -0.4 is 11.1 Å². The number of carboxylic acids is 1. The highest BCUT2D eigenvalue weighted by molar-refractivity contribution is 5.85. The molecule has 0 radical (unpaired) electrons. The van der Waals surface area contributed by atoms with Gasteiger partial charge in [-0.05, 0) is 18.5 Å². The van der Waals surface area contributed by atoms with Crippen molar-refractivity contribution in [1.82, 2.24) is 5.32 Å². The maximum absolute atomic E-state index is 11.5. The fourth-order valence-electron chi connectivity index (χ4n) is 1.55. The molecule has 0 heterocycles. The zero-order chi connectivity index (χ0) is 15.0. The molecular weight excluding hydrogens is 300 g/mol. The molecule has 0 bridgehead atoms. The number of amides is 1. The van der Waals surface area contributed by atoms with Crippen LogP contribution in [-0.2, 0) is 16.1 Å². The summed E-state index contributed by atoms with van der Waals surface area (Å²) in [4.78, 5) is 22.5. The Kier molecular flexibility index (Phi) is 9.11. The smallest absolute Gasteiger partial charge is 0.408 e. The first kappa shape index (κ1) is 19.2. The molecular formula is C13H19ClN2O5. The van der Waals surface area contributed by atoms with Crippen molar-refractivity contribution in [2.24, 2.45) is 5.73 Å². The summed E-state index contributed by atoms with van der Waals surface area (Å²) in [6.07, 6.45) is -2.10. The summed E-state index contributed by atoms with van der Waals surface area (Å²) >= 11 is 0. The fourth-order valence-corrected chi connectivity index (χ4v) is 1.55. The monoisotopic (exact) mass is 318 g/mol. The Morgan fingerprint density at radius 2 is 1.90 bits per heavy atom. The van der Waals surface area contributed by atoms with Gasteiger partial charge in [-0.2, -0.15) is 0 Å². The van der Waals surface area contributed by atoms with E-state index in [2.05, 4.69) is 5.32 Å². The number of hydrogen-bond donors (Lipinski definition) is 4. The van der Waals surface area contributed by atoms with E-state index in [-0.39, 0.29) is 32.0 Å². The standard InChI is InChI=1S/C13H18N2O5.ClH/c14-7-6-10(16)11(12(17)18)15-13(19)20-8-9-4-2-1-3-5-9;/h1-5,10-11,16H,6-8,14H2,(H,15,19)(H,17,18);1H/t10?,11-;/m0./s1. The van der Waals surface area contributed by atoms with E-state index >= 15 is 0 Å². The number of carbonyl (C=O) groups excluding carboxylic acids is 1. The average Bonchev–Trinajstić information content (AvgIpc) is 2.43. The minimum atomic E-state index is -1.44. The van der Waals surface area contributed by atoms with Crippen LogP contribution in [-0.4, -0.2) is 41.0 Å². The van der Waals surface area contributed by atoms with Gasteiger partial charge in [0, 0.05) is 0 Å². The Morgan fingerprint density at radius 3 is 2.43 bits per heavy atom. The van der Waals surface area contributed by atoms with E-state index in [4.69, 9.17) is 15.6 Å². The molecule has 118 valence electrons. The lowest BCUT2D eigenvalue weighted by Crippen LogP contribution is -2.49. The molecule has 0 spiro atoms. The van der Waals surface area contributed by atoms with Gasteiger partial charge >= 0.3 is 12.1 Å². The van der Waals surface area contributed by atoms with Gasteiger partial charge in [0.15, 0.2) is 6.04 Å². The molecule has 1 aromatic rings. The van der Waals surface area contributed by atoms with Crippen LogP contribution in [0.2, 0.25) is 0 Å². The lowest BCUT2D eigenvalue weighted by Gasteiger charge is -2.19. The Hall–Kier alpha value is -1.83. The number of carbonyl (C=O) groups is 2. The molecule has 5 N–H and O–H groups in total. The molecule has 1 amide bonds. The van der Waals surface area contributed by atoms with Gasteiger partial charge in [-0.25, -0.2) is 9.59 Å². The Bertz CT molecular complexity index is 443. The maximum atomic E-state index is 11.5. The molecule has 21 heavy (non-hydrogen) atoms. The summed E-state index contributed by atoms with van der Waals surface area (Å²) in [6.45, 7) is 0.137. The molecule has 7 nitrogen and oxygen atoms in total. The number of nitrogens with one attached hydrogen (secondary N) is 1. The molecule has 1 rings (SSSR count). The van der Waals surface area contributed by atoms with E-state index in [0.29, 0.717) is 0 Å². The predicted molar refractivity (Wildman–Crippen MR) is 78.1 cm³/mol. The Balaban J connectivity index is 0.00000400. The summed E-state index contributed by atoms with van der Waals surface area (Å²) in [5.74, 6) is -1.34. The molecule has 0 aliphatic heterocycles. The fraction of sp³-hybridized carbons (Fsp3) is 0.385. The van der Waals surface area contributed by atoms with Gasteiger partial charge in [0.05, 0.1) is 6.10 Å². The number of halogens is 1. The second-order valence-corrected chi connectivity index (χ2v) is 4.17. The molecule has 0 saturated heterocycles. The highest BCUT2D eigenvalue weighted by atomic mass is 35.5. The minimum absolute atomic E-state index is 0. The van der Waals surface area contributed by atoms with E-state index in [9.17, 15) is 14.7 Å². The molecule has 0 aromatic heterocycles. The molecule has 1 unspecified atom stereocenters. The summed E-state index contributed by atoms with van der Waals surface area (Å²) in [5.41, 5.74) is 6.01. The van der Waals surface area contributed by atoms with Crippen LogP contribution in [0.5, 0.6) is 0 Å². The van der Waals surface area contributed by atoms with Crippen molar-refractivity contribution in [2.75, 3.05) is 6.54 Å². The van der Waals surface area contributed by atoms with Crippen LogP contribution in [0.15, 0.2) is 30.3 Å². The average molecular weight is 319 g/mol. The van der Waals surface area contributed by atoms with Gasteiger partial charge in [0.25, 0.3) is 0 Å². The third-order valence-electron chi connectivity index (χ3n) is 2.60. The van der Waals surface area contributed by atoms with Crippen LogP contribution >= 0.6 is 12.4 Å². The summed E-state index contributed by atoms with van der Waals surface area (Å²) in [5, 5.41) is 20.6. The van der Waals surface area contributed by atoms with Crippen LogP contribution in [0.1, 0.15) is 12.0 Å². The number of benzene rings is 1. The number of aliphatic hydroxyl groups excluding tert-OH is 1. The zero-order valence-electron chi connectivity index (χ0n) is 11.3. The highest BCUT2D eigenvalue weighted by Gasteiger charge is 2.28. The molecule has 8 heteroatoms. The first-order valence-electron chi connectivity index (χ1n) is 6.12. The minimum Gasteiger partial charge on any atom is -0.480 e. The van der Waals surface area contributed by atoms with Crippen molar-refractivity contribution < 1.29 is 24.5 Å². The molecule has 0 saturated carbocycles. The summed E-state index contributed by atoms with van der Waals surface area (Å²) in [6, 6.07) is 7.51. The number of rotatable bonds is 7. The molecule has 0 fully saturated rings. The predicted octanol–water partition coefficient (Wildman–Crippen LogP) is 0.497. The van der Waals surface area contributed by atoms with Crippen LogP contribution in [0.25, 0.3) is 0 Å². The number of aliphatic carboxylic acids is 1. The zero-order valence-corrected chi connectivity index (χ0v) is 12.1. The highest BCUT2D eigenvalue weighted by Crippen LogP contribution is 2.03. The lowest BCUT2D eigenvalue weighted by atomic mass is 10.1. The van der Waals surface area contributed by atoms with Gasteiger partial charge in [0.1, 0.15) is 6.61 Å². The van der Waals surface area contributed by atoms with Gasteiger partial charge in [-0.3, -0.25) is 0 Å². The Labute approximate surface area is 128 Å². The van der Waals surface area contributed by atoms with Gasteiger partial charge in [0.2, 0.25) is 0 Å². The van der Waals surface area contributed by atoms with Crippen LogP contribution in [0.4, 0.5) is 4.79 Å². The Morgan fingerprint density at radius 1 is 1.29 bits per heavy atom. The van der Waals surface area contributed by atoms with E-state index in [1.807, 2.05) is 6.07 Å². The van der Waals surface area contributed by atoms with Crippen molar-refractivity contribution >= 4 is 24.5 Å². The molecule has 0 aliphatic rings. The topological polar surface area (TPSA) is 122 Å². The first-order chi connectivity index (χ1) is 9.54. The van der Waals surface area contributed by atoms with E-state index in [1.165, 1.54) is 0 Å². The van der Waals surface area contributed by atoms with E-state index in [1.54, 1.807) is 24.3 Å².